The summed E-state index contributed by atoms with van der Waals surface area (Å²) < 4.78 is 0. The van der Waals surface area contributed by atoms with Gasteiger partial charge in [-0.25, -0.2) is 0 Å². The van der Waals surface area contributed by atoms with Crippen LogP contribution in [0.1, 0.15) is 52.4 Å². The summed E-state index contributed by atoms with van der Waals surface area (Å²) in [7, 11) is 0. The monoisotopic (exact) mass is 203 g/mol. The van der Waals surface area contributed by atoms with Crippen LogP contribution in [0, 0.1) is 39.9 Å². The summed E-state index contributed by atoms with van der Waals surface area (Å²) in [5.41, 5.74) is 0.648. The summed E-state index contributed by atoms with van der Waals surface area (Å²) in [5, 5.41) is 9.44. The molecule has 0 aromatic rings. The van der Waals surface area contributed by atoms with Gasteiger partial charge in [-0.15, -0.1) is 0 Å². The van der Waals surface area contributed by atoms with Crippen LogP contribution in [0.4, 0.5) is 0 Å². The van der Waals surface area contributed by atoms with Crippen molar-refractivity contribution in [3.05, 3.63) is 0 Å². The van der Waals surface area contributed by atoms with Crippen molar-refractivity contribution >= 4 is 0 Å². The van der Waals surface area contributed by atoms with Gasteiger partial charge in [0.1, 0.15) is 0 Å². The topological polar surface area (TPSA) is 23.8 Å². The van der Waals surface area contributed by atoms with Crippen LogP contribution in [-0.4, -0.2) is 0 Å². The van der Waals surface area contributed by atoms with Crippen LogP contribution in [0.2, 0.25) is 0 Å². The molecule has 4 aliphatic carbocycles. The Morgan fingerprint density at radius 1 is 1.13 bits per heavy atom. The third-order valence-electron chi connectivity index (χ3n) is 6.04. The molecule has 0 aromatic heterocycles. The van der Waals surface area contributed by atoms with E-state index in [1.165, 1.54) is 38.5 Å². The molecule has 1 heteroatoms. The summed E-state index contributed by atoms with van der Waals surface area (Å²) in [5.74, 6) is 2.56. The summed E-state index contributed by atoms with van der Waals surface area (Å²) in [6.07, 6.45) is 7.81. The molecule has 0 spiro atoms. The van der Waals surface area contributed by atoms with E-state index in [4.69, 9.17) is 0 Å². The predicted octanol–water partition coefficient (Wildman–Crippen LogP) is 3.75. The van der Waals surface area contributed by atoms with Crippen molar-refractivity contribution in [1.82, 2.24) is 0 Å². The Balaban J connectivity index is 1.86. The fourth-order valence-electron chi connectivity index (χ4n) is 4.60. The number of hydrogen-bond donors (Lipinski definition) is 0. The molecule has 4 fully saturated rings. The highest BCUT2D eigenvalue weighted by atomic mass is 14.6. The molecule has 1 unspecified atom stereocenters. The summed E-state index contributed by atoms with van der Waals surface area (Å²) in [6.45, 7) is 4.86. The van der Waals surface area contributed by atoms with Gasteiger partial charge >= 0.3 is 0 Å². The third-order valence-corrected chi connectivity index (χ3v) is 6.04. The highest BCUT2D eigenvalue weighted by molar-refractivity contribution is 5.15. The second-order valence-electron chi connectivity index (χ2n) is 6.67. The number of fused-ring (bicyclic) bond motifs is 2. The van der Waals surface area contributed by atoms with Crippen molar-refractivity contribution in [2.75, 3.05) is 0 Å². The molecular weight excluding hydrogens is 182 g/mol. The molecule has 0 amide bonds. The molecule has 4 saturated carbocycles. The average molecular weight is 203 g/mol. The quantitative estimate of drug-likeness (QED) is 0.636. The summed E-state index contributed by atoms with van der Waals surface area (Å²) >= 11 is 0. The number of hydrogen-bond acceptors (Lipinski definition) is 1. The Kier molecular flexibility index (Phi) is 1.80. The maximum atomic E-state index is 9.44. The average Bonchev–Trinajstić information content (AvgIpc) is 2.17. The molecule has 4 rings (SSSR count). The van der Waals surface area contributed by atoms with Crippen molar-refractivity contribution < 1.29 is 0 Å². The molecule has 3 atom stereocenters. The van der Waals surface area contributed by atoms with E-state index in [9.17, 15) is 5.26 Å². The number of rotatable bonds is 1. The first-order valence-corrected chi connectivity index (χ1v) is 6.51. The highest BCUT2D eigenvalue weighted by Gasteiger charge is 2.60. The van der Waals surface area contributed by atoms with Crippen molar-refractivity contribution in [3.8, 4) is 6.07 Å². The molecule has 0 heterocycles. The largest absolute Gasteiger partial charge is 0.198 e. The van der Waals surface area contributed by atoms with E-state index in [0.29, 0.717) is 5.41 Å². The lowest BCUT2D eigenvalue weighted by molar-refractivity contribution is -0.146. The zero-order chi connectivity index (χ0) is 10.7. The van der Waals surface area contributed by atoms with Gasteiger partial charge in [0.15, 0.2) is 0 Å². The second kappa shape index (κ2) is 2.78. The number of nitrogens with zero attached hydrogens (tertiary/aromatic N) is 1. The van der Waals surface area contributed by atoms with Crippen LogP contribution in [0.15, 0.2) is 0 Å². The molecule has 82 valence electrons. The van der Waals surface area contributed by atoms with Crippen LogP contribution < -0.4 is 0 Å². The van der Waals surface area contributed by atoms with E-state index in [1.54, 1.807) is 0 Å². The maximum Gasteiger partial charge on any atom is 0.0692 e. The van der Waals surface area contributed by atoms with E-state index in [2.05, 4.69) is 19.9 Å². The fourth-order valence-corrected chi connectivity index (χ4v) is 4.60. The standard InChI is InChI=1S/C14H21N/c1-13(2)10-4-5-11(12(13)8-10)14(9-15)6-3-7-14/h10-12H,3-8H2,1-2H3/t10-,11?,12-/m0/s1. The minimum Gasteiger partial charge on any atom is -0.198 e. The lowest BCUT2D eigenvalue weighted by Crippen LogP contribution is -2.57. The Hall–Kier alpha value is -0.510. The lowest BCUT2D eigenvalue weighted by Gasteiger charge is -2.64. The first-order valence-electron chi connectivity index (χ1n) is 6.51. The Bertz CT molecular complexity index is 317. The Morgan fingerprint density at radius 2 is 1.87 bits per heavy atom. The zero-order valence-electron chi connectivity index (χ0n) is 9.92. The third kappa shape index (κ3) is 1.03. The molecule has 0 N–H and O–H groups in total. The van der Waals surface area contributed by atoms with Crippen molar-refractivity contribution in [1.29, 1.82) is 5.26 Å². The minimum absolute atomic E-state index is 0.104. The SMILES string of the molecule is CC1(C)[C@H]2CCC(C3(C#N)CCC3)[C@@H]1C2. The van der Waals surface area contributed by atoms with E-state index in [1.807, 2.05) is 0 Å². The van der Waals surface area contributed by atoms with E-state index < -0.39 is 0 Å². The smallest absolute Gasteiger partial charge is 0.0692 e. The summed E-state index contributed by atoms with van der Waals surface area (Å²) in [6, 6.07) is 2.68. The number of nitriles is 1. The molecule has 0 radical (unpaired) electrons. The molecule has 15 heavy (non-hydrogen) atoms. The zero-order valence-corrected chi connectivity index (χ0v) is 9.92. The van der Waals surface area contributed by atoms with Crippen LogP contribution >= 0.6 is 0 Å². The van der Waals surface area contributed by atoms with Crippen LogP contribution in [-0.2, 0) is 0 Å². The van der Waals surface area contributed by atoms with Crippen molar-refractivity contribution in [3.63, 3.8) is 0 Å². The first-order chi connectivity index (χ1) is 7.10. The second-order valence-corrected chi connectivity index (χ2v) is 6.67. The highest BCUT2D eigenvalue weighted by Crippen LogP contribution is 2.67. The fraction of sp³-hybridized carbons (Fsp3) is 0.929. The molecule has 2 bridgehead atoms. The molecule has 0 aromatic carbocycles. The van der Waals surface area contributed by atoms with Gasteiger partial charge in [0.2, 0.25) is 0 Å². The minimum atomic E-state index is 0.104. The van der Waals surface area contributed by atoms with E-state index >= 15 is 0 Å². The van der Waals surface area contributed by atoms with E-state index in [-0.39, 0.29) is 5.41 Å². The van der Waals surface area contributed by atoms with Gasteiger partial charge in [0, 0.05) is 0 Å². The molecule has 4 aliphatic rings. The Morgan fingerprint density at radius 3 is 2.27 bits per heavy atom. The van der Waals surface area contributed by atoms with Crippen LogP contribution in [0.5, 0.6) is 0 Å². The van der Waals surface area contributed by atoms with Gasteiger partial charge in [-0.05, 0) is 55.3 Å². The maximum absolute atomic E-state index is 9.44. The first kappa shape index (κ1) is 9.70. The van der Waals surface area contributed by atoms with Crippen LogP contribution in [0.3, 0.4) is 0 Å². The molecule has 1 nitrogen and oxygen atoms in total. The van der Waals surface area contributed by atoms with Crippen molar-refractivity contribution in [2.24, 2.45) is 28.6 Å². The lowest BCUT2D eigenvalue weighted by atomic mass is 9.40. The van der Waals surface area contributed by atoms with Gasteiger partial charge in [0.25, 0.3) is 0 Å². The van der Waals surface area contributed by atoms with Crippen molar-refractivity contribution in [2.45, 2.75) is 52.4 Å². The van der Waals surface area contributed by atoms with Gasteiger partial charge in [-0.3, -0.25) is 0 Å². The predicted molar refractivity (Wildman–Crippen MR) is 60.0 cm³/mol. The molecule has 0 saturated heterocycles. The van der Waals surface area contributed by atoms with Gasteiger partial charge in [-0.1, -0.05) is 20.3 Å². The van der Waals surface area contributed by atoms with Gasteiger partial charge in [0.05, 0.1) is 11.5 Å². The summed E-state index contributed by atoms with van der Waals surface area (Å²) in [4.78, 5) is 0. The molecular formula is C14H21N. The normalized spacial score (nSPS) is 44.7. The van der Waals surface area contributed by atoms with Gasteiger partial charge in [-0.2, -0.15) is 5.26 Å². The van der Waals surface area contributed by atoms with E-state index in [0.717, 1.165) is 17.8 Å². The molecule has 0 aliphatic heterocycles. The Labute approximate surface area is 92.9 Å². The van der Waals surface area contributed by atoms with Gasteiger partial charge < -0.3 is 0 Å². The van der Waals surface area contributed by atoms with Crippen LogP contribution in [0.25, 0.3) is 0 Å².